The van der Waals surface area contributed by atoms with E-state index in [0.717, 1.165) is 50.0 Å². The second-order valence-corrected chi connectivity index (χ2v) is 6.76. The molecule has 4 fully saturated rings. The fraction of sp³-hybridized carbons (Fsp3) is 1.00. The zero-order valence-electron chi connectivity index (χ0n) is 11.7. The van der Waals surface area contributed by atoms with Crippen molar-refractivity contribution in [1.29, 1.82) is 0 Å². The van der Waals surface area contributed by atoms with Gasteiger partial charge in [-0.2, -0.15) is 0 Å². The van der Waals surface area contributed by atoms with Crippen LogP contribution >= 0.6 is 0 Å². The number of fused-ring (bicyclic) bond motifs is 2. The van der Waals surface area contributed by atoms with Crippen LogP contribution in [0.1, 0.15) is 33.1 Å². The first-order chi connectivity index (χ1) is 8.72. The van der Waals surface area contributed by atoms with Crippen LogP contribution in [0.5, 0.6) is 0 Å². The van der Waals surface area contributed by atoms with Crippen molar-refractivity contribution in [2.75, 3.05) is 26.3 Å². The van der Waals surface area contributed by atoms with Gasteiger partial charge in [0.1, 0.15) is 0 Å². The molecule has 4 unspecified atom stereocenters. The first-order valence-electron chi connectivity index (χ1n) is 7.66. The van der Waals surface area contributed by atoms with Crippen molar-refractivity contribution < 1.29 is 9.47 Å². The maximum absolute atomic E-state index is 5.01. The van der Waals surface area contributed by atoms with E-state index in [4.69, 9.17) is 9.47 Å². The molecule has 4 aliphatic rings. The van der Waals surface area contributed by atoms with Crippen LogP contribution < -0.4 is 5.32 Å². The molecule has 18 heavy (non-hydrogen) atoms. The fourth-order valence-electron chi connectivity index (χ4n) is 3.88. The lowest BCUT2D eigenvalue weighted by Crippen LogP contribution is -2.24. The number of epoxide rings is 2. The summed E-state index contributed by atoms with van der Waals surface area (Å²) >= 11 is 0. The Bertz CT molecular complexity index is 252. The average molecular weight is 253 g/mol. The molecule has 104 valence electrons. The molecular weight excluding hydrogens is 226 g/mol. The van der Waals surface area contributed by atoms with Crippen LogP contribution in [0.2, 0.25) is 0 Å². The standard InChI is InChI=1S/C9H16.C6H11NO2/c1-6-3-8-4-7(2)9(6)5-8;1(5-3-8-5)7-2-6-4-9-6/h6-9H,3-5H2,1-2H3;5-7H,1-4H2. The molecule has 0 aromatic carbocycles. The Kier molecular flexibility index (Phi) is 3.92. The van der Waals surface area contributed by atoms with Crippen LogP contribution in [-0.2, 0) is 9.47 Å². The number of hydrogen-bond acceptors (Lipinski definition) is 3. The monoisotopic (exact) mass is 253 g/mol. The van der Waals surface area contributed by atoms with Gasteiger partial charge in [0.05, 0.1) is 25.4 Å². The lowest BCUT2D eigenvalue weighted by atomic mass is 9.83. The van der Waals surface area contributed by atoms with Crippen molar-refractivity contribution in [3.05, 3.63) is 0 Å². The van der Waals surface area contributed by atoms with E-state index in [1.165, 1.54) is 12.8 Å². The maximum atomic E-state index is 5.01. The molecule has 2 bridgehead atoms. The molecule has 0 spiro atoms. The van der Waals surface area contributed by atoms with Gasteiger partial charge in [-0.05, 0) is 42.9 Å². The summed E-state index contributed by atoms with van der Waals surface area (Å²) in [5, 5.41) is 3.26. The summed E-state index contributed by atoms with van der Waals surface area (Å²) in [6, 6.07) is 0. The zero-order valence-corrected chi connectivity index (χ0v) is 11.7. The van der Waals surface area contributed by atoms with E-state index in [0.29, 0.717) is 12.2 Å². The van der Waals surface area contributed by atoms with Crippen molar-refractivity contribution in [2.45, 2.75) is 45.3 Å². The van der Waals surface area contributed by atoms with Crippen LogP contribution in [0.25, 0.3) is 0 Å². The molecule has 2 saturated heterocycles. The second kappa shape index (κ2) is 5.48. The first-order valence-corrected chi connectivity index (χ1v) is 7.66. The summed E-state index contributed by atoms with van der Waals surface area (Å²) in [5.74, 6) is 4.34. The van der Waals surface area contributed by atoms with Gasteiger partial charge in [0.15, 0.2) is 0 Å². The molecule has 0 aromatic rings. The van der Waals surface area contributed by atoms with Crippen molar-refractivity contribution in [3.8, 4) is 0 Å². The SMILES string of the molecule is C(NCC1CO1)C1CO1.CC1CC2CC(C)C1C2. The van der Waals surface area contributed by atoms with Gasteiger partial charge in [-0.25, -0.2) is 0 Å². The Labute approximate surface area is 111 Å². The number of nitrogens with one attached hydrogen (secondary N) is 1. The summed E-state index contributed by atoms with van der Waals surface area (Å²) in [4.78, 5) is 0. The van der Waals surface area contributed by atoms with Gasteiger partial charge in [0, 0.05) is 13.1 Å². The Morgan fingerprint density at radius 3 is 1.67 bits per heavy atom. The van der Waals surface area contributed by atoms with Crippen LogP contribution in [0.15, 0.2) is 0 Å². The van der Waals surface area contributed by atoms with Crippen LogP contribution in [0.3, 0.4) is 0 Å². The normalized spacial score (nSPS) is 47.7. The minimum atomic E-state index is 0.503. The van der Waals surface area contributed by atoms with Gasteiger partial charge >= 0.3 is 0 Å². The van der Waals surface area contributed by atoms with Crippen LogP contribution in [0, 0.1) is 23.7 Å². The average Bonchev–Trinajstić information content (AvgIpc) is 3.23. The largest absolute Gasteiger partial charge is 0.372 e. The first kappa shape index (κ1) is 12.9. The van der Waals surface area contributed by atoms with Crippen LogP contribution in [0.4, 0.5) is 0 Å². The minimum absolute atomic E-state index is 0.503. The maximum Gasteiger partial charge on any atom is 0.0933 e. The van der Waals surface area contributed by atoms with E-state index in [-0.39, 0.29) is 0 Å². The Hall–Kier alpha value is -0.120. The molecule has 2 aliphatic carbocycles. The van der Waals surface area contributed by atoms with E-state index in [1.807, 2.05) is 0 Å². The third-order valence-corrected chi connectivity index (χ3v) is 5.03. The Morgan fingerprint density at radius 1 is 0.889 bits per heavy atom. The Morgan fingerprint density at radius 2 is 1.39 bits per heavy atom. The Balaban J connectivity index is 0.000000111. The van der Waals surface area contributed by atoms with Crippen molar-refractivity contribution >= 4 is 0 Å². The summed E-state index contributed by atoms with van der Waals surface area (Å²) < 4.78 is 10.0. The van der Waals surface area contributed by atoms with Gasteiger partial charge in [0.25, 0.3) is 0 Å². The van der Waals surface area contributed by atoms with Gasteiger partial charge in [0.2, 0.25) is 0 Å². The van der Waals surface area contributed by atoms with E-state index in [2.05, 4.69) is 19.2 Å². The minimum Gasteiger partial charge on any atom is -0.372 e. The van der Waals surface area contributed by atoms with Gasteiger partial charge in [-0.3, -0.25) is 0 Å². The predicted molar refractivity (Wildman–Crippen MR) is 71.5 cm³/mol. The molecule has 0 aromatic heterocycles. The lowest BCUT2D eigenvalue weighted by molar-refractivity contribution is 0.272. The molecule has 4 atom stereocenters. The smallest absolute Gasteiger partial charge is 0.0933 e. The highest BCUT2D eigenvalue weighted by molar-refractivity contribution is 4.91. The molecule has 4 rings (SSSR count). The molecule has 3 heteroatoms. The number of rotatable bonds is 4. The van der Waals surface area contributed by atoms with Crippen molar-refractivity contribution in [1.82, 2.24) is 5.32 Å². The third kappa shape index (κ3) is 3.46. The highest BCUT2D eigenvalue weighted by Crippen LogP contribution is 2.51. The highest BCUT2D eigenvalue weighted by atomic mass is 16.6. The molecule has 0 amide bonds. The lowest BCUT2D eigenvalue weighted by Gasteiger charge is -2.23. The molecule has 2 saturated carbocycles. The zero-order chi connectivity index (χ0) is 12.5. The second-order valence-electron chi connectivity index (χ2n) is 6.76. The number of ether oxygens (including phenoxy) is 2. The summed E-state index contributed by atoms with van der Waals surface area (Å²) in [6.07, 6.45) is 5.64. The van der Waals surface area contributed by atoms with Gasteiger partial charge in [-0.1, -0.05) is 13.8 Å². The fourth-order valence-corrected chi connectivity index (χ4v) is 3.88. The topological polar surface area (TPSA) is 37.1 Å². The molecule has 1 N–H and O–H groups in total. The predicted octanol–water partition coefficient (Wildman–Crippen LogP) is 2.06. The van der Waals surface area contributed by atoms with Crippen molar-refractivity contribution in [2.24, 2.45) is 23.7 Å². The highest BCUT2D eigenvalue weighted by Gasteiger charge is 2.41. The van der Waals surface area contributed by atoms with E-state index in [9.17, 15) is 0 Å². The molecular formula is C15H27NO2. The van der Waals surface area contributed by atoms with Crippen molar-refractivity contribution in [3.63, 3.8) is 0 Å². The van der Waals surface area contributed by atoms with E-state index in [1.54, 1.807) is 6.42 Å². The number of hydrogen-bond donors (Lipinski definition) is 1. The quantitative estimate of drug-likeness (QED) is 0.779. The summed E-state index contributed by atoms with van der Waals surface area (Å²) in [7, 11) is 0. The van der Waals surface area contributed by atoms with Crippen LogP contribution in [-0.4, -0.2) is 38.5 Å². The summed E-state index contributed by atoms with van der Waals surface area (Å²) in [5.41, 5.74) is 0. The van der Waals surface area contributed by atoms with E-state index < -0.39 is 0 Å². The summed E-state index contributed by atoms with van der Waals surface area (Å²) in [6.45, 7) is 8.75. The molecule has 0 radical (unpaired) electrons. The van der Waals surface area contributed by atoms with Gasteiger partial charge < -0.3 is 14.8 Å². The third-order valence-electron chi connectivity index (χ3n) is 5.03. The van der Waals surface area contributed by atoms with E-state index >= 15 is 0 Å². The molecule has 2 heterocycles. The molecule has 2 aliphatic heterocycles. The van der Waals surface area contributed by atoms with Gasteiger partial charge in [-0.15, -0.1) is 0 Å². The molecule has 3 nitrogen and oxygen atoms in total.